The van der Waals surface area contributed by atoms with Gasteiger partial charge in [-0.25, -0.2) is 13.2 Å². The van der Waals surface area contributed by atoms with Crippen molar-refractivity contribution in [1.29, 1.82) is 0 Å². The van der Waals surface area contributed by atoms with Crippen LogP contribution in [0.4, 0.5) is 5.69 Å². The van der Waals surface area contributed by atoms with E-state index in [1.54, 1.807) is 32.0 Å². The van der Waals surface area contributed by atoms with Gasteiger partial charge in [-0.3, -0.25) is 4.72 Å². The second kappa shape index (κ2) is 6.33. The molecule has 0 saturated heterocycles. The molecule has 2 N–H and O–H groups in total. The molecule has 7 heteroatoms. The quantitative estimate of drug-likeness (QED) is 0.819. The zero-order chi connectivity index (χ0) is 17.4. The normalized spacial score (nSPS) is 11.3. The molecule has 0 atom stereocenters. The highest BCUT2D eigenvalue weighted by atomic mass is 79.9. The fraction of sp³-hybridized carbons (Fsp3) is 0.188. The molecule has 0 aliphatic rings. The minimum atomic E-state index is -3.91. The lowest BCUT2D eigenvalue weighted by atomic mass is 10.0. The van der Waals surface area contributed by atoms with Crippen LogP contribution in [-0.2, 0) is 10.0 Å². The first-order valence-corrected chi connectivity index (χ1v) is 9.03. The van der Waals surface area contributed by atoms with Gasteiger partial charge in [0.05, 0.1) is 11.3 Å². The summed E-state index contributed by atoms with van der Waals surface area (Å²) in [6, 6.07) is 8.02. The van der Waals surface area contributed by atoms with Gasteiger partial charge in [0, 0.05) is 4.47 Å². The molecular weight excluding hydrogens is 382 g/mol. The maximum Gasteiger partial charge on any atom is 0.337 e. The zero-order valence-corrected chi connectivity index (χ0v) is 15.2. The summed E-state index contributed by atoms with van der Waals surface area (Å²) in [6.07, 6.45) is 0. The van der Waals surface area contributed by atoms with E-state index < -0.39 is 16.0 Å². The molecule has 0 aromatic heterocycles. The molecular formula is C16H16BrNO4S. The van der Waals surface area contributed by atoms with Crippen molar-refractivity contribution in [2.24, 2.45) is 0 Å². The summed E-state index contributed by atoms with van der Waals surface area (Å²) in [5.74, 6) is -1.18. The third kappa shape index (κ3) is 3.73. The fourth-order valence-electron chi connectivity index (χ4n) is 2.28. The molecule has 0 spiro atoms. The van der Waals surface area contributed by atoms with Gasteiger partial charge in [-0.2, -0.15) is 0 Å². The monoisotopic (exact) mass is 397 g/mol. The van der Waals surface area contributed by atoms with Crippen LogP contribution in [-0.4, -0.2) is 19.5 Å². The van der Waals surface area contributed by atoms with Gasteiger partial charge in [0.1, 0.15) is 4.90 Å². The predicted octanol–water partition coefficient (Wildman–Crippen LogP) is 3.87. The molecule has 23 heavy (non-hydrogen) atoms. The van der Waals surface area contributed by atoms with Crippen molar-refractivity contribution < 1.29 is 18.3 Å². The Kier molecular flexibility index (Phi) is 4.81. The first kappa shape index (κ1) is 17.5. The third-order valence-electron chi connectivity index (χ3n) is 3.32. The average Bonchev–Trinajstić information content (AvgIpc) is 2.40. The van der Waals surface area contributed by atoms with Crippen molar-refractivity contribution in [3.05, 3.63) is 57.1 Å². The second-order valence-corrected chi connectivity index (χ2v) is 7.85. The van der Waals surface area contributed by atoms with Gasteiger partial charge < -0.3 is 5.11 Å². The van der Waals surface area contributed by atoms with Gasteiger partial charge in [0.15, 0.2) is 0 Å². The Labute approximate surface area is 143 Å². The molecule has 0 aliphatic heterocycles. The van der Waals surface area contributed by atoms with Crippen molar-refractivity contribution in [2.75, 3.05) is 4.72 Å². The molecule has 0 fully saturated rings. The first-order valence-electron chi connectivity index (χ1n) is 6.75. The largest absolute Gasteiger partial charge is 0.478 e. The standard InChI is InChI=1S/C16H16BrNO4S/c1-9-4-5-14(13(17)8-9)23(21,22)18-15-11(3)6-10(2)7-12(15)16(19)20/h4-8,18H,1-3H3,(H,19,20). The maximum absolute atomic E-state index is 12.6. The molecule has 0 bridgehead atoms. The van der Waals surface area contributed by atoms with E-state index in [2.05, 4.69) is 20.7 Å². The van der Waals surface area contributed by atoms with Crippen LogP contribution in [0.3, 0.4) is 0 Å². The van der Waals surface area contributed by atoms with E-state index >= 15 is 0 Å². The number of benzene rings is 2. The molecule has 122 valence electrons. The van der Waals surface area contributed by atoms with Crippen LogP contribution in [0.5, 0.6) is 0 Å². The van der Waals surface area contributed by atoms with Crippen LogP contribution in [0.15, 0.2) is 39.7 Å². The number of halogens is 1. The number of carboxylic acids is 1. The molecule has 0 unspecified atom stereocenters. The van der Waals surface area contributed by atoms with E-state index in [0.29, 0.717) is 10.0 Å². The second-order valence-electron chi connectivity index (χ2n) is 5.35. The Balaban J connectivity index is 2.56. The Morgan fingerprint density at radius 3 is 2.30 bits per heavy atom. The van der Waals surface area contributed by atoms with E-state index in [4.69, 9.17) is 0 Å². The van der Waals surface area contributed by atoms with Crippen LogP contribution in [0.25, 0.3) is 0 Å². The van der Waals surface area contributed by atoms with Crippen molar-refractivity contribution in [3.8, 4) is 0 Å². The van der Waals surface area contributed by atoms with Crippen LogP contribution < -0.4 is 4.72 Å². The molecule has 0 radical (unpaired) electrons. The SMILES string of the molecule is Cc1ccc(S(=O)(=O)Nc2c(C)cc(C)cc2C(=O)O)c(Br)c1. The third-order valence-corrected chi connectivity index (χ3v) is 5.65. The lowest BCUT2D eigenvalue weighted by Gasteiger charge is -2.15. The topological polar surface area (TPSA) is 83.5 Å². The van der Waals surface area contributed by atoms with E-state index in [0.717, 1.165) is 11.1 Å². The Hall–Kier alpha value is -1.86. The van der Waals surface area contributed by atoms with Crippen molar-refractivity contribution in [1.82, 2.24) is 0 Å². The Morgan fingerprint density at radius 2 is 1.74 bits per heavy atom. The van der Waals surface area contributed by atoms with Gasteiger partial charge in [-0.1, -0.05) is 12.1 Å². The summed E-state index contributed by atoms with van der Waals surface area (Å²) < 4.78 is 28.0. The lowest BCUT2D eigenvalue weighted by molar-refractivity contribution is 0.0698. The smallest absolute Gasteiger partial charge is 0.337 e. The van der Waals surface area contributed by atoms with Gasteiger partial charge in [-0.15, -0.1) is 0 Å². The molecule has 2 aromatic carbocycles. The van der Waals surface area contributed by atoms with Crippen LogP contribution in [0.1, 0.15) is 27.0 Å². The van der Waals surface area contributed by atoms with E-state index in [1.807, 2.05) is 6.92 Å². The number of aromatic carboxylic acids is 1. The van der Waals surface area contributed by atoms with Gasteiger partial charge in [0.2, 0.25) is 0 Å². The number of nitrogens with one attached hydrogen (secondary N) is 1. The minimum Gasteiger partial charge on any atom is -0.478 e. The Bertz CT molecular complexity index is 891. The van der Waals surface area contributed by atoms with Crippen molar-refractivity contribution in [3.63, 3.8) is 0 Å². The van der Waals surface area contributed by atoms with E-state index in [-0.39, 0.29) is 16.1 Å². The van der Waals surface area contributed by atoms with E-state index in [1.165, 1.54) is 12.1 Å². The average molecular weight is 398 g/mol. The lowest BCUT2D eigenvalue weighted by Crippen LogP contribution is -2.17. The van der Waals surface area contributed by atoms with Gasteiger partial charge >= 0.3 is 5.97 Å². The van der Waals surface area contributed by atoms with Crippen LogP contribution in [0, 0.1) is 20.8 Å². The zero-order valence-electron chi connectivity index (χ0n) is 12.8. The fourth-order valence-corrected chi connectivity index (χ4v) is 4.63. The highest BCUT2D eigenvalue weighted by molar-refractivity contribution is 9.10. The van der Waals surface area contributed by atoms with Crippen molar-refractivity contribution in [2.45, 2.75) is 25.7 Å². The number of rotatable bonds is 4. The summed E-state index contributed by atoms with van der Waals surface area (Å²) in [4.78, 5) is 11.5. The predicted molar refractivity (Wildman–Crippen MR) is 92.6 cm³/mol. The van der Waals surface area contributed by atoms with E-state index in [9.17, 15) is 18.3 Å². The molecule has 0 heterocycles. The summed E-state index contributed by atoms with van der Waals surface area (Å²) in [5.41, 5.74) is 2.21. The number of hydrogen-bond acceptors (Lipinski definition) is 3. The number of hydrogen-bond donors (Lipinski definition) is 2. The molecule has 0 amide bonds. The highest BCUT2D eigenvalue weighted by Gasteiger charge is 2.22. The molecule has 5 nitrogen and oxygen atoms in total. The van der Waals surface area contributed by atoms with Crippen LogP contribution in [0.2, 0.25) is 0 Å². The summed E-state index contributed by atoms with van der Waals surface area (Å²) in [7, 11) is -3.91. The molecule has 0 aliphatic carbocycles. The Morgan fingerprint density at radius 1 is 1.09 bits per heavy atom. The van der Waals surface area contributed by atoms with Crippen LogP contribution >= 0.6 is 15.9 Å². The van der Waals surface area contributed by atoms with Crippen molar-refractivity contribution >= 4 is 37.6 Å². The van der Waals surface area contributed by atoms with Gasteiger partial charge in [-0.05, 0) is 71.6 Å². The summed E-state index contributed by atoms with van der Waals surface area (Å²) in [6.45, 7) is 5.27. The maximum atomic E-state index is 12.6. The minimum absolute atomic E-state index is 0.0550. The summed E-state index contributed by atoms with van der Waals surface area (Å²) >= 11 is 3.24. The number of sulfonamides is 1. The molecule has 0 saturated carbocycles. The first-order chi connectivity index (χ1) is 10.6. The number of carbonyl (C=O) groups is 1. The number of carboxylic acid groups (broad SMARTS) is 1. The molecule has 2 aromatic rings. The highest BCUT2D eigenvalue weighted by Crippen LogP contribution is 2.29. The van der Waals surface area contributed by atoms with Gasteiger partial charge in [0.25, 0.3) is 10.0 Å². The number of anilines is 1. The number of aryl methyl sites for hydroxylation is 3. The summed E-state index contributed by atoms with van der Waals surface area (Å²) in [5, 5.41) is 9.33. The molecule has 2 rings (SSSR count).